The molecule has 0 atom stereocenters. The summed E-state index contributed by atoms with van der Waals surface area (Å²) in [6.07, 6.45) is 0.604. The number of halogens is 2. The fourth-order valence-electron chi connectivity index (χ4n) is 3.34. The molecule has 0 amide bonds. The van der Waals surface area contributed by atoms with E-state index in [2.05, 4.69) is 15.9 Å². The molecule has 4 rings (SSSR count). The van der Waals surface area contributed by atoms with Gasteiger partial charge in [0.05, 0.1) is 16.5 Å². The van der Waals surface area contributed by atoms with Crippen LogP contribution in [-0.4, -0.2) is 22.3 Å². The molecule has 1 saturated carbocycles. The summed E-state index contributed by atoms with van der Waals surface area (Å²) in [6, 6.07) is 7.67. The van der Waals surface area contributed by atoms with E-state index in [-0.39, 0.29) is 33.6 Å². The molecule has 1 aliphatic carbocycles. The Labute approximate surface area is 178 Å². The van der Waals surface area contributed by atoms with Crippen molar-refractivity contribution >= 4 is 44.5 Å². The Hall–Kier alpha value is -2.51. The Morgan fingerprint density at radius 2 is 2.00 bits per heavy atom. The predicted octanol–water partition coefficient (Wildman–Crippen LogP) is 5.13. The minimum absolute atomic E-state index is 0.0147. The minimum Gasteiger partial charge on any atom is -0.507 e. The van der Waals surface area contributed by atoms with Crippen molar-refractivity contribution in [1.82, 2.24) is 0 Å². The van der Waals surface area contributed by atoms with Gasteiger partial charge >= 0.3 is 5.97 Å². The van der Waals surface area contributed by atoms with Crippen LogP contribution in [0, 0.1) is 12.8 Å². The molecule has 0 bridgehead atoms. The van der Waals surface area contributed by atoms with Gasteiger partial charge in [0.25, 0.3) is 0 Å². The number of phenols is 1. The zero-order chi connectivity index (χ0) is 20.9. The van der Waals surface area contributed by atoms with Crippen LogP contribution in [0.1, 0.15) is 18.4 Å². The number of phenolic OH excluding ortho intramolecular Hbond substituents is 1. The normalized spacial score (nSPS) is 18.4. The monoisotopic (exact) mass is 478 g/mol. The molecule has 1 aromatic heterocycles. The lowest BCUT2D eigenvalue weighted by Gasteiger charge is -2.33. The number of hydrogen-bond acceptors (Lipinski definition) is 5. The van der Waals surface area contributed by atoms with Crippen molar-refractivity contribution in [3.8, 4) is 22.8 Å². The zero-order valence-corrected chi connectivity index (χ0v) is 17.6. The van der Waals surface area contributed by atoms with Gasteiger partial charge in [0.2, 0.25) is 0 Å². The molecule has 1 fully saturated rings. The summed E-state index contributed by atoms with van der Waals surface area (Å²) in [5.41, 5.74) is 1.11. The van der Waals surface area contributed by atoms with Gasteiger partial charge in [0.15, 0.2) is 11.0 Å². The average Bonchev–Trinajstić information content (AvgIpc) is 2.62. The van der Waals surface area contributed by atoms with Crippen molar-refractivity contribution in [1.29, 1.82) is 0 Å². The van der Waals surface area contributed by atoms with E-state index in [1.165, 1.54) is 18.2 Å². The van der Waals surface area contributed by atoms with E-state index in [9.17, 15) is 14.7 Å². The molecule has 1 aliphatic rings. The zero-order valence-electron chi connectivity index (χ0n) is 15.2. The highest BCUT2D eigenvalue weighted by atomic mass is 79.9. The van der Waals surface area contributed by atoms with Gasteiger partial charge in [-0.2, -0.15) is 0 Å². The van der Waals surface area contributed by atoms with Crippen LogP contribution >= 0.6 is 27.5 Å². The average molecular weight is 480 g/mol. The van der Waals surface area contributed by atoms with E-state index >= 15 is 0 Å². The molecule has 0 saturated heterocycles. The van der Waals surface area contributed by atoms with E-state index < -0.39 is 17.3 Å². The molecule has 150 valence electrons. The summed E-state index contributed by atoms with van der Waals surface area (Å²) in [6.45, 7) is 1.89. The minimum atomic E-state index is -0.829. The maximum absolute atomic E-state index is 12.6. The molecule has 1 heterocycles. The fourth-order valence-corrected chi connectivity index (χ4v) is 3.86. The number of carbonyl (C=O) groups is 1. The summed E-state index contributed by atoms with van der Waals surface area (Å²) >= 11 is 9.65. The number of aromatic hydroxyl groups is 1. The van der Waals surface area contributed by atoms with Gasteiger partial charge in [-0.15, -0.1) is 0 Å². The van der Waals surface area contributed by atoms with E-state index in [4.69, 9.17) is 25.9 Å². The lowest BCUT2D eigenvalue weighted by molar-refractivity contribution is -0.147. The van der Waals surface area contributed by atoms with Crippen LogP contribution in [-0.2, 0) is 4.79 Å². The third-order valence-corrected chi connectivity index (χ3v) is 6.22. The summed E-state index contributed by atoms with van der Waals surface area (Å²) < 4.78 is 12.7. The van der Waals surface area contributed by atoms with Gasteiger partial charge in [-0.1, -0.05) is 27.5 Å². The van der Waals surface area contributed by atoms with Crippen LogP contribution in [0.25, 0.3) is 22.3 Å². The first-order valence-corrected chi connectivity index (χ1v) is 10.1. The van der Waals surface area contributed by atoms with Crippen LogP contribution < -0.4 is 10.2 Å². The third-order valence-electron chi connectivity index (χ3n) is 5.07. The number of benzene rings is 2. The highest BCUT2D eigenvalue weighted by Crippen LogP contribution is 2.40. The Bertz CT molecular complexity index is 1200. The third kappa shape index (κ3) is 3.60. The van der Waals surface area contributed by atoms with Gasteiger partial charge < -0.3 is 19.4 Å². The second-order valence-corrected chi connectivity index (χ2v) is 8.35. The Morgan fingerprint density at radius 3 is 2.69 bits per heavy atom. The summed E-state index contributed by atoms with van der Waals surface area (Å²) in [5.74, 6) is -0.727. The Balaban J connectivity index is 1.81. The van der Waals surface area contributed by atoms with Crippen LogP contribution in [0.2, 0.25) is 5.02 Å². The smallest absolute Gasteiger partial charge is 0.306 e. The second kappa shape index (κ2) is 7.39. The molecule has 2 N–H and O–H groups in total. The SMILES string of the molecule is Cc1cc(-c2cc(=O)c3c(O)ccc(Cl)c3o2)c(OC2CC(C(=O)O)C2)cc1Br. The van der Waals surface area contributed by atoms with Crippen molar-refractivity contribution in [2.45, 2.75) is 25.9 Å². The Kier molecular flexibility index (Phi) is 5.04. The van der Waals surface area contributed by atoms with Crippen molar-refractivity contribution in [3.05, 3.63) is 55.6 Å². The first-order chi connectivity index (χ1) is 13.7. The van der Waals surface area contributed by atoms with Crippen molar-refractivity contribution in [2.75, 3.05) is 0 Å². The number of rotatable bonds is 4. The maximum atomic E-state index is 12.6. The molecule has 0 radical (unpaired) electrons. The van der Waals surface area contributed by atoms with Gasteiger partial charge in [0.1, 0.15) is 28.7 Å². The molecular formula is C21H16BrClO6. The highest BCUT2D eigenvalue weighted by molar-refractivity contribution is 9.10. The van der Waals surface area contributed by atoms with Crippen LogP contribution in [0.15, 0.2) is 44.0 Å². The van der Waals surface area contributed by atoms with Crippen LogP contribution in [0.3, 0.4) is 0 Å². The number of aryl methyl sites for hydroxylation is 1. The second-order valence-electron chi connectivity index (χ2n) is 7.09. The Morgan fingerprint density at radius 1 is 1.28 bits per heavy atom. The number of fused-ring (bicyclic) bond motifs is 1. The van der Waals surface area contributed by atoms with Gasteiger partial charge in [-0.25, -0.2) is 0 Å². The molecule has 0 unspecified atom stereocenters. The summed E-state index contributed by atoms with van der Waals surface area (Å²) in [5, 5.41) is 19.3. The summed E-state index contributed by atoms with van der Waals surface area (Å²) in [7, 11) is 0. The number of carboxylic acid groups (broad SMARTS) is 1. The lowest BCUT2D eigenvalue weighted by Crippen LogP contribution is -2.38. The number of hydrogen-bond donors (Lipinski definition) is 2. The fraction of sp³-hybridized carbons (Fsp3) is 0.238. The van der Waals surface area contributed by atoms with Crippen molar-refractivity contribution < 1.29 is 24.2 Å². The summed E-state index contributed by atoms with van der Waals surface area (Å²) in [4.78, 5) is 23.7. The highest BCUT2D eigenvalue weighted by Gasteiger charge is 2.36. The van der Waals surface area contributed by atoms with E-state index in [1.54, 1.807) is 6.07 Å². The molecule has 0 spiro atoms. The molecule has 3 aromatic rings. The van der Waals surface area contributed by atoms with Crippen LogP contribution in [0.5, 0.6) is 11.5 Å². The van der Waals surface area contributed by atoms with Gasteiger partial charge in [-0.3, -0.25) is 9.59 Å². The molecule has 29 heavy (non-hydrogen) atoms. The molecular weight excluding hydrogens is 464 g/mol. The van der Waals surface area contributed by atoms with Crippen LogP contribution in [0.4, 0.5) is 0 Å². The molecule has 8 heteroatoms. The van der Waals surface area contributed by atoms with E-state index in [0.29, 0.717) is 24.2 Å². The topological polar surface area (TPSA) is 97.0 Å². The number of carboxylic acids is 1. The van der Waals surface area contributed by atoms with Crippen molar-refractivity contribution in [3.63, 3.8) is 0 Å². The molecule has 2 aromatic carbocycles. The lowest BCUT2D eigenvalue weighted by atomic mass is 9.82. The standard InChI is InChI=1S/C21H16BrClO6/c1-9-4-12(17(7-13(9)22)28-11-5-10(6-11)21(26)27)18-8-16(25)19-15(24)3-2-14(23)20(19)29-18/h2-4,7-8,10-11,24H,5-6H2,1H3,(H,26,27). The van der Waals surface area contributed by atoms with Gasteiger partial charge in [-0.05, 0) is 49.6 Å². The van der Waals surface area contributed by atoms with Crippen molar-refractivity contribution in [2.24, 2.45) is 5.92 Å². The molecule has 0 aliphatic heterocycles. The van der Waals surface area contributed by atoms with E-state index in [0.717, 1.165) is 10.0 Å². The maximum Gasteiger partial charge on any atom is 0.306 e. The van der Waals surface area contributed by atoms with E-state index in [1.807, 2.05) is 13.0 Å². The molecule has 6 nitrogen and oxygen atoms in total. The first kappa shape index (κ1) is 19.8. The first-order valence-electron chi connectivity index (χ1n) is 8.90. The predicted molar refractivity (Wildman–Crippen MR) is 112 cm³/mol. The quantitative estimate of drug-likeness (QED) is 0.538. The largest absolute Gasteiger partial charge is 0.507 e. The van der Waals surface area contributed by atoms with Gasteiger partial charge in [0, 0.05) is 10.5 Å². The number of aliphatic carboxylic acids is 1. The number of ether oxygens (including phenoxy) is 1.